The molecule has 1 aliphatic carbocycles. The van der Waals surface area contributed by atoms with E-state index in [0.717, 1.165) is 65.7 Å². The van der Waals surface area contributed by atoms with Gasteiger partial charge in [0.15, 0.2) is 11.5 Å². The number of nitrogens with one attached hydrogen (secondary N) is 2. The predicted octanol–water partition coefficient (Wildman–Crippen LogP) is 3.55. The Balaban J connectivity index is 1.48. The van der Waals surface area contributed by atoms with Crippen LogP contribution in [-0.2, 0) is 13.1 Å². The van der Waals surface area contributed by atoms with Crippen molar-refractivity contribution in [1.82, 2.24) is 34.9 Å². The largest absolute Gasteiger partial charge is 0.363 e. The molecule has 3 aromatic heterocycles. The Morgan fingerprint density at radius 2 is 2.16 bits per heavy atom. The second-order valence-corrected chi connectivity index (χ2v) is 9.25. The minimum atomic E-state index is 0.453. The van der Waals surface area contributed by atoms with Crippen LogP contribution in [0.25, 0.3) is 22.4 Å². The average Bonchev–Trinajstić information content (AvgIpc) is 3.33. The smallest absolute Gasteiger partial charge is 0.164 e. The van der Waals surface area contributed by atoms with Gasteiger partial charge in [-0.15, -0.1) is 11.3 Å². The molecule has 0 aliphatic heterocycles. The monoisotopic (exact) mass is 448 g/mol. The van der Waals surface area contributed by atoms with E-state index in [9.17, 15) is 0 Å². The fourth-order valence-electron chi connectivity index (χ4n) is 3.78. The molecular weight excluding hydrogens is 420 g/mol. The van der Waals surface area contributed by atoms with Gasteiger partial charge in [-0.1, -0.05) is 18.2 Å². The van der Waals surface area contributed by atoms with E-state index in [2.05, 4.69) is 61.6 Å². The minimum Gasteiger partial charge on any atom is -0.363 e. The maximum Gasteiger partial charge on any atom is 0.164 e. The van der Waals surface area contributed by atoms with Crippen molar-refractivity contribution in [3.63, 3.8) is 0 Å². The first-order valence-corrected chi connectivity index (χ1v) is 11.9. The number of fused-ring (bicyclic) bond motifs is 1. The van der Waals surface area contributed by atoms with Crippen LogP contribution < -0.4 is 10.6 Å². The van der Waals surface area contributed by atoms with Crippen molar-refractivity contribution in [1.29, 1.82) is 0 Å². The van der Waals surface area contributed by atoms with Gasteiger partial charge in [0.05, 0.1) is 24.2 Å². The fraction of sp³-hybridized carbons (Fsp3) is 0.391. The van der Waals surface area contributed by atoms with E-state index in [1.54, 1.807) is 11.3 Å². The number of nitrogens with zero attached hydrogens (tertiary/aromatic N) is 6. The molecule has 0 atom stereocenters. The van der Waals surface area contributed by atoms with Crippen LogP contribution >= 0.6 is 11.3 Å². The lowest BCUT2D eigenvalue weighted by molar-refractivity contribution is 0.328. The fourth-order valence-corrected chi connectivity index (χ4v) is 4.33. The summed E-state index contributed by atoms with van der Waals surface area (Å²) in [5.41, 5.74) is 3.17. The molecule has 4 aromatic rings. The molecule has 0 unspecified atom stereocenters. The Hall–Kier alpha value is -2.88. The van der Waals surface area contributed by atoms with Crippen molar-refractivity contribution >= 4 is 28.2 Å². The Kier molecular flexibility index (Phi) is 6.11. The molecule has 32 heavy (non-hydrogen) atoms. The highest BCUT2D eigenvalue weighted by Gasteiger charge is 2.27. The van der Waals surface area contributed by atoms with Gasteiger partial charge >= 0.3 is 0 Å². The minimum absolute atomic E-state index is 0.453. The first kappa shape index (κ1) is 21.0. The lowest BCUT2D eigenvalue weighted by Gasteiger charge is -2.17. The van der Waals surface area contributed by atoms with Crippen LogP contribution in [0.2, 0.25) is 0 Å². The molecule has 2 N–H and O–H groups in total. The summed E-state index contributed by atoms with van der Waals surface area (Å²) in [6, 6.07) is 8.98. The normalized spacial score (nSPS) is 13.8. The summed E-state index contributed by atoms with van der Waals surface area (Å²) in [6.45, 7) is 3.48. The zero-order valence-corrected chi connectivity index (χ0v) is 19.3. The maximum atomic E-state index is 4.95. The third kappa shape index (κ3) is 4.64. The van der Waals surface area contributed by atoms with E-state index in [1.807, 2.05) is 24.8 Å². The van der Waals surface area contributed by atoms with E-state index in [1.165, 1.54) is 5.56 Å². The van der Waals surface area contributed by atoms with Gasteiger partial charge in [-0.3, -0.25) is 0 Å². The van der Waals surface area contributed by atoms with E-state index in [0.29, 0.717) is 12.6 Å². The molecule has 5 rings (SSSR count). The van der Waals surface area contributed by atoms with Gasteiger partial charge in [0.2, 0.25) is 0 Å². The lowest BCUT2D eigenvalue weighted by atomic mass is 10.1. The predicted molar refractivity (Wildman–Crippen MR) is 129 cm³/mol. The van der Waals surface area contributed by atoms with Gasteiger partial charge in [0.25, 0.3) is 0 Å². The molecule has 1 fully saturated rings. The molecule has 166 valence electrons. The van der Waals surface area contributed by atoms with Crippen molar-refractivity contribution < 1.29 is 0 Å². The van der Waals surface area contributed by atoms with Crippen LogP contribution in [-0.4, -0.2) is 56.8 Å². The molecule has 9 heteroatoms. The number of anilines is 1. The van der Waals surface area contributed by atoms with E-state index >= 15 is 0 Å². The number of likely N-dealkylation sites (N-methyl/N-ethyl adjacent to an activating group) is 2. The van der Waals surface area contributed by atoms with E-state index in [-0.39, 0.29) is 0 Å². The first-order chi connectivity index (χ1) is 15.7. The van der Waals surface area contributed by atoms with Crippen molar-refractivity contribution in [2.24, 2.45) is 0 Å². The Morgan fingerprint density at radius 3 is 2.94 bits per heavy atom. The number of aromatic nitrogens is 5. The maximum absolute atomic E-state index is 4.95. The molecule has 0 amide bonds. The summed E-state index contributed by atoms with van der Waals surface area (Å²) in [6.07, 6.45) is 6.03. The molecule has 0 saturated heterocycles. The summed E-state index contributed by atoms with van der Waals surface area (Å²) >= 11 is 1.63. The molecular formula is C23H28N8S. The molecule has 0 spiro atoms. The summed E-state index contributed by atoms with van der Waals surface area (Å²) in [5, 5.41) is 15.3. The Morgan fingerprint density at radius 1 is 1.25 bits per heavy atom. The third-order valence-corrected chi connectivity index (χ3v) is 6.40. The SMILES string of the molecule is CNCCN(C)Cc1cccc(-c2nc(NCc3nccs3)c3cnn(C4CC4)c3n2)c1. The highest BCUT2D eigenvalue weighted by Crippen LogP contribution is 2.37. The highest BCUT2D eigenvalue weighted by molar-refractivity contribution is 7.09. The molecule has 1 saturated carbocycles. The zero-order valence-electron chi connectivity index (χ0n) is 18.5. The summed E-state index contributed by atoms with van der Waals surface area (Å²) in [5.74, 6) is 1.53. The van der Waals surface area contributed by atoms with Crippen molar-refractivity contribution in [3.05, 3.63) is 52.6 Å². The third-order valence-electron chi connectivity index (χ3n) is 5.62. The number of rotatable bonds is 10. The van der Waals surface area contributed by atoms with Crippen LogP contribution in [0.4, 0.5) is 5.82 Å². The van der Waals surface area contributed by atoms with Crippen LogP contribution in [0.1, 0.15) is 29.5 Å². The molecule has 8 nitrogen and oxygen atoms in total. The Bertz CT molecular complexity index is 1180. The highest BCUT2D eigenvalue weighted by atomic mass is 32.1. The van der Waals surface area contributed by atoms with Gasteiger partial charge < -0.3 is 15.5 Å². The van der Waals surface area contributed by atoms with Crippen LogP contribution in [0.3, 0.4) is 0 Å². The summed E-state index contributed by atoms with van der Waals surface area (Å²) in [7, 11) is 4.12. The quantitative estimate of drug-likeness (QED) is 0.384. The standard InChI is InChI=1S/C23H28N8S/c1-24-8-10-30(2)15-16-4-3-5-17(12-16)21-28-22(26-14-20-25-9-11-32-20)19-13-27-31(18-6-7-18)23(19)29-21/h3-5,9,11-13,18,24H,6-8,10,14-15H2,1-2H3,(H,26,28,29). The first-order valence-electron chi connectivity index (χ1n) is 11.0. The summed E-state index contributed by atoms with van der Waals surface area (Å²) in [4.78, 5) is 16.6. The van der Waals surface area contributed by atoms with Gasteiger partial charge in [0, 0.05) is 36.8 Å². The molecule has 0 radical (unpaired) electrons. The number of thiazole rings is 1. The average molecular weight is 449 g/mol. The van der Waals surface area contributed by atoms with Crippen molar-refractivity contribution in [3.8, 4) is 11.4 Å². The molecule has 3 heterocycles. The number of benzene rings is 1. The van der Waals surface area contributed by atoms with Crippen LogP contribution in [0.5, 0.6) is 0 Å². The van der Waals surface area contributed by atoms with Crippen LogP contribution in [0.15, 0.2) is 42.0 Å². The van der Waals surface area contributed by atoms with Crippen molar-refractivity contribution in [2.45, 2.75) is 32.0 Å². The van der Waals surface area contributed by atoms with E-state index in [4.69, 9.17) is 9.97 Å². The van der Waals surface area contributed by atoms with E-state index < -0.39 is 0 Å². The van der Waals surface area contributed by atoms with Crippen LogP contribution in [0, 0.1) is 0 Å². The molecule has 1 aliphatic rings. The summed E-state index contributed by atoms with van der Waals surface area (Å²) < 4.78 is 2.06. The zero-order chi connectivity index (χ0) is 21.9. The number of hydrogen-bond donors (Lipinski definition) is 2. The topological polar surface area (TPSA) is 83.8 Å². The number of hydrogen-bond acceptors (Lipinski definition) is 8. The van der Waals surface area contributed by atoms with Gasteiger partial charge in [-0.2, -0.15) is 5.10 Å². The van der Waals surface area contributed by atoms with Gasteiger partial charge in [0.1, 0.15) is 10.8 Å². The molecule has 0 bridgehead atoms. The Labute approximate surface area is 191 Å². The second kappa shape index (κ2) is 9.32. The van der Waals surface area contributed by atoms with Gasteiger partial charge in [-0.25, -0.2) is 19.6 Å². The lowest BCUT2D eigenvalue weighted by Crippen LogP contribution is -2.26. The van der Waals surface area contributed by atoms with Crippen molar-refractivity contribution in [2.75, 3.05) is 32.5 Å². The second-order valence-electron chi connectivity index (χ2n) is 8.27. The molecule has 1 aromatic carbocycles. The van der Waals surface area contributed by atoms with Gasteiger partial charge in [-0.05, 0) is 38.6 Å².